The van der Waals surface area contributed by atoms with E-state index in [0.29, 0.717) is 6.54 Å². The molecule has 0 aromatic carbocycles. The lowest BCUT2D eigenvalue weighted by atomic mass is 9.87. The molecule has 0 unspecified atom stereocenters. The Morgan fingerprint density at radius 2 is 1.93 bits per heavy atom. The number of carbonyl (C=O) groups is 2. The Kier molecular flexibility index (Phi) is 6.65. The molecule has 2 fully saturated rings. The molecule has 3 heterocycles. The molecule has 154 valence electrons. The van der Waals surface area contributed by atoms with E-state index in [0.717, 1.165) is 82.9 Å². The Balaban J connectivity index is 1.28. The number of thiophene rings is 1. The molecule has 0 bridgehead atoms. The van der Waals surface area contributed by atoms with Gasteiger partial charge in [-0.25, -0.2) is 0 Å². The maximum Gasteiger partial charge on any atom is 0.263 e. The SMILES string of the molecule is O=C(NCCN1CCOCC1)[C@@H]1CCc2sc(C(=O)N3CCCCC3)cc2C1. The Hall–Kier alpha value is -1.44. The number of nitrogens with zero attached hydrogens (tertiary/aromatic N) is 2. The van der Waals surface area contributed by atoms with E-state index >= 15 is 0 Å². The van der Waals surface area contributed by atoms with Gasteiger partial charge in [-0.15, -0.1) is 11.3 Å². The average molecular weight is 406 g/mol. The first kappa shape index (κ1) is 19.9. The normalized spacial score (nSPS) is 23.3. The van der Waals surface area contributed by atoms with E-state index in [1.807, 2.05) is 4.90 Å². The van der Waals surface area contributed by atoms with E-state index < -0.39 is 0 Å². The second-order valence-electron chi connectivity index (χ2n) is 8.10. The number of hydrogen-bond acceptors (Lipinski definition) is 5. The first-order chi connectivity index (χ1) is 13.7. The molecule has 1 atom stereocenters. The highest BCUT2D eigenvalue weighted by atomic mass is 32.1. The number of fused-ring (bicyclic) bond motifs is 1. The lowest BCUT2D eigenvalue weighted by Gasteiger charge is -2.27. The lowest BCUT2D eigenvalue weighted by Crippen LogP contribution is -2.43. The Morgan fingerprint density at radius 1 is 1.14 bits per heavy atom. The molecule has 2 saturated heterocycles. The molecular formula is C21H31N3O3S. The van der Waals surface area contributed by atoms with Crippen molar-refractivity contribution in [3.8, 4) is 0 Å². The number of ether oxygens (including phenoxy) is 1. The van der Waals surface area contributed by atoms with E-state index in [1.54, 1.807) is 11.3 Å². The molecule has 28 heavy (non-hydrogen) atoms. The number of morpholine rings is 1. The van der Waals surface area contributed by atoms with Crippen LogP contribution >= 0.6 is 11.3 Å². The van der Waals surface area contributed by atoms with E-state index in [9.17, 15) is 9.59 Å². The number of nitrogens with one attached hydrogen (secondary N) is 1. The van der Waals surface area contributed by atoms with Crippen LogP contribution in [0.2, 0.25) is 0 Å². The largest absolute Gasteiger partial charge is 0.379 e. The van der Waals surface area contributed by atoms with Crippen molar-refractivity contribution in [3.63, 3.8) is 0 Å². The smallest absolute Gasteiger partial charge is 0.263 e. The van der Waals surface area contributed by atoms with Crippen molar-refractivity contribution in [2.45, 2.75) is 38.5 Å². The maximum absolute atomic E-state index is 12.8. The monoisotopic (exact) mass is 405 g/mol. The highest BCUT2D eigenvalue weighted by molar-refractivity contribution is 7.14. The van der Waals surface area contributed by atoms with Gasteiger partial charge in [-0.05, 0) is 50.2 Å². The van der Waals surface area contributed by atoms with Crippen molar-refractivity contribution in [1.29, 1.82) is 0 Å². The van der Waals surface area contributed by atoms with E-state index in [1.165, 1.54) is 16.9 Å². The summed E-state index contributed by atoms with van der Waals surface area (Å²) in [5, 5.41) is 3.12. The number of hydrogen-bond donors (Lipinski definition) is 1. The summed E-state index contributed by atoms with van der Waals surface area (Å²) in [7, 11) is 0. The van der Waals surface area contributed by atoms with Crippen LogP contribution < -0.4 is 5.32 Å². The zero-order valence-electron chi connectivity index (χ0n) is 16.6. The number of aryl methyl sites for hydroxylation is 1. The van der Waals surface area contributed by atoms with Gasteiger partial charge in [-0.1, -0.05) is 0 Å². The quantitative estimate of drug-likeness (QED) is 0.813. The number of piperidine rings is 1. The molecule has 1 aliphatic carbocycles. The molecule has 2 amide bonds. The van der Waals surface area contributed by atoms with Crippen LogP contribution in [0.1, 0.15) is 45.8 Å². The summed E-state index contributed by atoms with van der Waals surface area (Å²) in [6.45, 7) is 6.83. The molecule has 3 aliphatic rings. The topological polar surface area (TPSA) is 61.9 Å². The van der Waals surface area contributed by atoms with Crippen molar-refractivity contribution >= 4 is 23.2 Å². The van der Waals surface area contributed by atoms with Gasteiger partial charge in [0.15, 0.2) is 0 Å². The van der Waals surface area contributed by atoms with Crippen LogP contribution in [0.3, 0.4) is 0 Å². The van der Waals surface area contributed by atoms with Crippen LogP contribution in [-0.2, 0) is 22.4 Å². The summed E-state index contributed by atoms with van der Waals surface area (Å²) in [4.78, 5) is 31.9. The van der Waals surface area contributed by atoms with E-state index in [-0.39, 0.29) is 17.7 Å². The predicted octanol–water partition coefficient (Wildman–Crippen LogP) is 1.93. The second-order valence-corrected chi connectivity index (χ2v) is 9.23. The summed E-state index contributed by atoms with van der Waals surface area (Å²) >= 11 is 1.65. The summed E-state index contributed by atoms with van der Waals surface area (Å²) in [6, 6.07) is 2.06. The van der Waals surface area contributed by atoms with Gasteiger partial charge in [0.2, 0.25) is 5.91 Å². The van der Waals surface area contributed by atoms with Gasteiger partial charge in [0, 0.05) is 50.1 Å². The predicted molar refractivity (Wildman–Crippen MR) is 110 cm³/mol. The fourth-order valence-electron chi connectivity index (χ4n) is 4.41. The van der Waals surface area contributed by atoms with Crippen LogP contribution in [0.15, 0.2) is 6.07 Å². The van der Waals surface area contributed by atoms with Gasteiger partial charge in [-0.2, -0.15) is 0 Å². The first-order valence-corrected chi connectivity index (χ1v) is 11.5. The van der Waals surface area contributed by atoms with E-state index in [2.05, 4.69) is 16.3 Å². The van der Waals surface area contributed by atoms with Crippen LogP contribution in [0.4, 0.5) is 0 Å². The molecule has 4 rings (SSSR count). The van der Waals surface area contributed by atoms with Gasteiger partial charge < -0.3 is 15.0 Å². The fraction of sp³-hybridized carbons (Fsp3) is 0.714. The number of rotatable bonds is 5. The van der Waals surface area contributed by atoms with Gasteiger partial charge in [0.1, 0.15) is 0 Å². The molecule has 0 radical (unpaired) electrons. The number of carbonyl (C=O) groups excluding carboxylic acids is 2. The summed E-state index contributed by atoms with van der Waals surface area (Å²) in [5.41, 5.74) is 1.21. The molecular weight excluding hydrogens is 374 g/mol. The van der Waals surface area contributed by atoms with Gasteiger partial charge in [-0.3, -0.25) is 14.5 Å². The minimum absolute atomic E-state index is 0.0322. The van der Waals surface area contributed by atoms with Crippen molar-refractivity contribution in [2.75, 3.05) is 52.5 Å². The molecule has 0 spiro atoms. The van der Waals surface area contributed by atoms with Gasteiger partial charge in [0.05, 0.1) is 18.1 Å². The van der Waals surface area contributed by atoms with Gasteiger partial charge in [0.25, 0.3) is 5.91 Å². The highest BCUT2D eigenvalue weighted by Crippen LogP contribution is 2.33. The highest BCUT2D eigenvalue weighted by Gasteiger charge is 2.28. The molecule has 1 aromatic rings. The zero-order valence-corrected chi connectivity index (χ0v) is 17.4. The Bertz CT molecular complexity index is 693. The second kappa shape index (κ2) is 9.37. The van der Waals surface area contributed by atoms with Crippen LogP contribution in [0, 0.1) is 5.92 Å². The number of amides is 2. The van der Waals surface area contributed by atoms with Crippen molar-refractivity contribution in [3.05, 3.63) is 21.4 Å². The van der Waals surface area contributed by atoms with Crippen molar-refractivity contribution in [2.24, 2.45) is 5.92 Å². The molecule has 6 nitrogen and oxygen atoms in total. The van der Waals surface area contributed by atoms with Crippen LogP contribution in [-0.4, -0.2) is 74.1 Å². The van der Waals surface area contributed by atoms with Crippen LogP contribution in [0.5, 0.6) is 0 Å². The minimum Gasteiger partial charge on any atom is -0.379 e. The molecule has 1 N–H and O–H groups in total. The number of likely N-dealkylation sites (tertiary alicyclic amines) is 1. The molecule has 1 aromatic heterocycles. The minimum atomic E-state index is 0.0322. The molecule has 0 saturated carbocycles. The van der Waals surface area contributed by atoms with E-state index in [4.69, 9.17) is 4.74 Å². The summed E-state index contributed by atoms with van der Waals surface area (Å²) in [6.07, 6.45) is 6.02. The Labute approximate surface area is 171 Å². The van der Waals surface area contributed by atoms with Crippen molar-refractivity contribution in [1.82, 2.24) is 15.1 Å². The fourth-order valence-corrected chi connectivity index (χ4v) is 5.59. The molecule has 7 heteroatoms. The maximum atomic E-state index is 12.8. The third-order valence-electron chi connectivity index (χ3n) is 6.14. The van der Waals surface area contributed by atoms with Crippen LogP contribution in [0.25, 0.3) is 0 Å². The van der Waals surface area contributed by atoms with Gasteiger partial charge >= 0.3 is 0 Å². The third kappa shape index (κ3) is 4.75. The zero-order chi connectivity index (χ0) is 19.3. The molecule has 2 aliphatic heterocycles. The lowest BCUT2D eigenvalue weighted by molar-refractivity contribution is -0.125. The summed E-state index contributed by atoms with van der Waals surface area (Å²) < 4.78 is 5.36. The Morgan fingerprint density at radius 3 is 2.71 bits per heavy atom. The standard InChI is InChI=1S/C21H31N3O3S/c25-20(22-6-9-23-10-12-27-13-11-23)16-4-5-18-17(14-16)15-19(28-18)21(26)24-7-2-1-3-8-24/h15-16H,1-14H2,(H,22,25)/t16-/m1/s1. The summed E-state index contributed by atoms with van der Waals surface area (Å²) in [5.74, 6) is 0.379. The van der Waals surface area contributed by atoms with Crippen molar-refractivity contribution < 1.29 is 14.3 Å². The third-order valence-corrected chi connectivity index (χ3v) is 7.36. The first-order valence-electron chi connectivity index (χ1n) is 10.7. The average Bonchev–Trinajstić information content (AvgIpc) is 3.18.